The lowest BCUT2D eigenvalue weighted by Crippen LogP contribution is -2.17. The molecule has 0 saturated carbocycles. The molecule has 1 aromatic carbocycles. The molecule has 0 spiro atoms. The molecule has 1 aromatic rings. The van der Waals surface area contributed by atoms with Gasteiger partial charge in [0.05, 0.1) is 0 Å². The fraction of sp³-hybridized carbons (Fsp3) is 0.364. The Bertz CT molecular complexity index is 306. The number of ketones is 1. The first kappa shape index (κ1) is 8.45. The molecule has 0 saturated heterocycles. The summed E-state index contributed by atoms with van der Waals surface area (Å²) in [5.41, 5.74) is 2.52. The van der Waals surface area contributed by atoms with Gasteiger partial charge in [-0.05, 0) is 24.0 Å². The van der Waals surface area contributed by atoms with Crippen molar-refractivity contribution in [2.24, 2.45) is 5.92 Å². The number of hydrogen-bond donors (Lipinski definition) is 1. The van der Waals surface area contributed by atoms with Crippen molar-refractivity contribution in [1.29, 1.82) is 0 Å². The number of aliphatic hydroxyl groups excluding tert-OH is 1. The van der Waals surface area contributed by atoms with Gasteiger partial charge in [0.25, 0.3) is 0 Å². The summed E-state index contributed by atoms with van der Waals surface area (Å²) < 4.78 is 0. The van der Waals surface area contributed by atoms with E-state index < -0.39 is 0 Å². The van der Waals surface area contributed by atoms with Gasteiger partial charge >= 0.3 is 0 Å². The lowest BCUT2D eigenvalue weighted by Gasteiger charge is -2.03. The molecular formula is C11H12O2. The zero-order chi connectivity index (χ0) is 9.26. The standard InChI is InChI=1S/C11H12O2/c12-7-11(13)10-5-8-3-1-2-4-9(8)6-10/h1-4,10,12H,5-7H2. The summed E-state index contributed by atoms with van der Waals surface area (Å²) in [6, 6.07) is 8.09. The Morgan fingerprint density at radius 3 is 2.31 bits per heavy atom. The quantitative estimate of drug-likeness (QED) is 0.728. The molecule has 1 aliphatic carbocycles. The van der Waals surface area contributed by atoms with E-state index in [1.54, 1.807) is 0 Å². The van der Waals surface area contributed by atoms with Crippen molar-refractivity contribution in [2.45, 2.75) is 12.8 Å². The van der Waals surface area contributed by atoms with Crippen LogP contribution in [0.3, 0.4) is 0 Å². The van der Waals surface area contributed by atoms with Crippen LogP contribution in [0.2, 0.25) is 0 Å². The third kappa shape index (κ3) is 1.49. The van der Waals surface area contributed by atoms with Gasteiger partial charge in [-0.2, -0.15) is 0 Å². The smallest absolute Gasteiger partial charge is 0.161 e. The second-order valence-corrected chi connectivity index (χ2v) is 3.50. The summed E-state index contributed by atoms with van der Waals surface area (Å²) in [6.45, 7) is -0.321. The highest BCUT2D eigenvalue weighted by molar-refractivity contribution is 5.83. The predicted molar refractivity (Wildman–Crippen MR) is 49.4 cm³/mol. The van der Waals surface area contributed by atoms with Crippen LogP contribution in [0, 0.1) is 5.92 Å². The maximum absolute atomic E-state index is 11.2. The summed E-state index contributed by atoms with van der Waals surface area (Å²) in [4.78, 5) is 11.2. The first-order chi connectivity index (χ1) is 6.31. The SMILES string of the molecule is O=C(CO)C1Cc2ccccc2C1. The van der Waals surface area contributed by atoms with Crippen LogP contribution in [0.4, 0.5) is 0 Å². The normalized spacial score (nSPS) is 15.8. The largest absolute Gasteiger partial charge is 0.389 e. The van der Waals surface area contributed by atoms with E-state index in [0.29, 0.717) is 0 Å². The molecule has 2 rings (SSSR count). The number of aliphatic hydroxyl groups is 1. The van der Waals surface area contributed by atoms with Gasteiger partial charge in [0, 0.05) is 5.92 Å². The second-order valence-electron chi connectivity index (χ2n) is 3.50. The molecule has 0 aromatic heterocycles. The molecule has 0 aliphatic heterocycles. The third-order valence-corrected chi connectivity index (χ3v) is 2.66. The van der Waals surface area contributed by atoms with Crippen molar-refractivity contribution in [3.63, 3.8) is 0 Å². The van der Waals surface area contributed by atoms with Crippen LogP contribution in [-0.4, -0.2) is 17.5 Å². The Morgan fingerprint density at radius 2 is 1.85 bits per heavy atom. The summed E-state index contributed by atoms with van der Waals surface area (Å²) in [5, 5.41) is 8.72. The monoisotopic (exact) mass is 176 g/mol. The average molecular weight is 176 g/mol. The summed E-state index contributed by atoms with van der Waals surface area (Å²) >= 11 is 0. The van der Waals surface area contributed by atoms with E-state index >= 15 is 0 Å². The fourth-order valence-corrected chi connectivity index (χ4v) is 1.92. The van der Waals surface area contributed by atoms with Gasteiger partial charge in [-0.15, -0.1) is 0 Å². The minimum absolute atomic E-state index is 0.0161. The maximum Gasteiger partial charge on any atom is 0.161 e. The van der Waals surface area contributed by atoms with Gasteiger partial charge in [-0.1, -0.05) is 24.3 Å². The molecular weight excluding hydrogens is 164 g/mol. The van der Waals surface area contributed by atoms with E-state index in [-0.39, 0.29) is 18.3 Å². The van der Waals surface area contributed by atoms with Crippen LogP contribution < -0.4 is 0 Å². The molecule has 2 heteroatoms. The predicted octanol–water partition coefficient (Wildman–Crippen LogP) is 0.963. The Hall–Kier alpha value is -1.15. The van der Waals surface area contributed by atoms with Crippen molar-refractivity contribution in [1.82, 2.24) is 0 Å². The van der Waals surface area contributed by atoms with Gasteiger partial charge in [-0.25, -0.2) is 0 Å². The van der Waals surface area contributed by atoms with Crippen molar-refractivity contribution in [3.8, 4) is 0 Å². The highest BCUT2D eigenvalue weighted by Gasteiger charge is 2.25. The van der Waals surface area contributed by atoms with Crippen molar-refractivity contribution in [3.05, 3.63) is 35.4 Å². The number of carbonyl (C=O) groups excluding carboxylic acids is 1. The van der Waals surface area contributed by atoms with Crippen LogP contribution in [0.25, 0.3) is 0 Å². The number of hydrogen-bond acceptors (Lipinski definition) is 2. The zero-order valence-electron chi connectivity index (χ0n) is 7.36. The number of rotatable bonds is 2. The highest BCUT2D eigenvalue weighted by atomic mass is 16.3. The van der Waals surface area contributed by atoms with E-state index in [2.05, 4.69) is 12.1 Å². The number of fused-ring (bicyclic) bond motifs is 1. The molecule has 1 aliphatic rings. The van der Waals surface area contributed by atoms with Gasteiger partial charge in [0.15, 0.2) is 5.78 Å². The molecule has 2 nitrogen and oxygen atoms in total. The third-order valence-electron chi connectivity index (χ3n) is 2.66. The summed E-state index contributed by atoms with van der Waals surface area (Å²) in [6.07, 6.45) is 1.60. The lowest BCUT2D eigenvalue weighted by molar-refractivity contribution is -0.125. The Kier molecular flexibility index (Phi) is 2.15. The number of carbonyl (C=O) groups is 1. The number of Topliss-reactive ketones (excluding diaryl/α,β-unsaturated/α-hetero) is 1. The van der Waals surface area contributed by atoms with E-state index in [0.717, 1.165) is 12.8 Å². The Morgan fingerprint density at radius 1 is 1.31 bits per heavy atom. The highest BCUT2D eigenvalue weighted by Crippen LogP contribution is 2.26. The molecule has 0 fully saturated rings. The van der Waals surface area contributed by atoms with Gasteiger partial charge < -0.3 is 5.11 Å². The van der Waals surface area contributed by atoms with Crippen molar-refractivity contribution >= 4 is 5.78 Å². The minimum atomic E-state index is -0.321. The Labute approximate surface area is 77.2 Å². The van der Waals surface area contributed by atoms with Gasteiger partial charge in [0.2, 0.25) is 0 Å². The molecule has 0 radical (unpaired) electrons. The van der Waals surface area contributed by atoms with Gasteiger partial charge in [0.1, 0.15) is 6.61 Å². The molecule has 1 N–H and O–H groups in total. The fourth-order valence-electron chi connectivity index (χ4n) is 1.92. The molecule has 0 heterocycles. The minimum Gasteiger partial charge on any atom is -0.389 e. The van der Waals surface area contributed by atoms with Crippen LogP contribution >= 0.6 is 0 Å². The van der Waals surface area contributed by atoms with Crippen LogP contribution in [0.15, 0.2) is 24.3 Å². The van der Waals surface area contributed by atoms with Crippen molar-refractivity contribution < 1.29 is 9.90 Å². The van der Waals surface area contributed by atoms with Crippen LogP contribution in [0.1, 0.15) is 11.1 Å². The van der Waals surface area contributed by atoms with Gasteiger partial charge in [-0.3, -0.25) is 4.79 Å². The molecule has 13 heavy (non-hydrogen) atoms. The topological polar surface area (TPSA) is 37.3 Å². The van der Waals surface area contributed by atoms with E-state index in [1.165, 1.54) is 11.1 Å². The first-order valence-corrected chi connectivity index (χ1v) is 4.51. The molecule has 0 unspecified atom stereocenters. The lowest BCUT2D eigenvalue weighted by atomic mass is 10.0. The number of benzene rings is 1. The van der Waals surface area contributed by atoms with E-state index in [4.69, 9.17) is 5.11 Å². The van der Waals surface area contributed by atoms with Crippen LogP contribution in [0.5, 0.6) is 0 Å². The van der Waals surface area contributed by atoms with E-state index in [1.807, 2.05) is 12.1 Å². The molecule has 0 amide bonds. The summed E-state index contributed by atoms with van der Waals surface area (Å²) in [5.74, 6) is -0.0152. The van der Waals surface area contributed by atoms with Crippen LogP contribution in [-0.2, 0) is 17.6 Å². The summed E-state index contributed by atoms with van der Waals surface area (Å²) in [7, 11) is 0. The van der Waals surface area contributed by atoms with E-state index in [9.17, 15) is 4.79 Å². The first-order valence-electron chi connectivity index (χ1n) is 4.51. The second kappa shape index (κ2) is 3.30. The Balaban J connectivity index is 2.18. The molecule has 0 atom stereocenters. The maximum atomic E-state index is 11.2. The average Bonchev–Trinajstić information content (AvgIpc) is 2.59. The molecule has 0 bridgehead atoms. The molecule has 68 valence electrons. The zero-order valence-corrected chi connectivity index (χ0v) is 7.36. The van der Waals surface area contributed by atoms with Crippen molar-refractivity contribution in [2.75, 3.05) is 6.61 Å².